The second kappa shape index (κ2) is 12.7. The zero-order valence-corrected chi connectivity index (χ0v) is 25.2. The molecule has 0 aromatic heterocycles. The van der Waals surface area contributed by atoms with Crippen LogP contribution in [-0.4, -0.2) is 50.4 Å². The van der Waals surface area contributed by atoms with Crippen LogP contribution < -0.4 is 14.4 Å². The SMILES string of the molecule is COc1ccc(N(CC(=O)N(Cc2ccccc2C)[C@@H](C)C(=O)NC(C)(C)C)S(=O)(=O)c2ccccc2)cc1Cl. The number of hydrogen-bond acceptors (Lipinski definition) is 5. The molecule has 1 N–H and O–H groups in total. The number of benzene rings is 3. The van der Waals surface area contributed by atoms with E-state index in [4.69, 9.17) is 16.3 Å². The number of anilines is 1. The quantitative estimate of drug-likeness (QED) is 0.353. The van der Waals surface area contributed by atoms with Crippen LogP contribution in [-0.2, 0) is 26.2 Å². The molecule has 3 aromatic carbocycles. The average Bonchev–Trinajstić information content (AvgIpc) is 2.90. The Kier molecular flexibility index (Phi) is 9.87. The van der Waals surface area contributed by atoms with Crippen molar-refractivity contribution in [3.63, 3.8) is 0 Å². The first-order valence-corrected chi connectivity index (χ1v) is 14.6. The Labute approximate surface area is 241 Å². The topological polar surface area (TPSA) is 96.0 Å². The number of sulfonamides is 1. The van der Waals surface area contributed by atoms with E-state index in [0.717, 1.165) is 15.4 Å². The van der Waals surface area contributed by atoms with Crippen molar-refractivity contribution in [2.24, 2.45) is 0 Å². The maximum Gasteiger partial charge on any atom is 0.264 e. The Morgan fingerprint density at radius 3 is 2.20 bits per heavy atom. The highest BCUT2D eigenvalue weighted by Gasteiger charge is 2.33. The summed E-state index contributed by atoms with van der Waals surface area (Å²) in [6.07, 6.45) is 0. The van der Waals surface area contributed by atoms with Gasteiger partial charge >= 0.3 is 0 Å². The molecule has 0 spiro atoms. The molecule has 8 nitrogen and oxygen atoms in total. The molecule has 0 unspecified atom stereocenters. The molecule has 0 aliphatic heterocycles. The molecule has 3 aromatic rings. The number of amides is 2. The lowest BCUT2D eigenvalue weighted by molar-refractivity contribution is -0.140. The second-order valence-corrected chi connectivity index (χ2v) is 12.8. The number of carbonyl (C=O) groups excluding carboxylic acids is 2. The van der Waals surface area contributed by atoms with E-state index in [1.807, 2.05) is 52.0 Å². The van der Waals surface area contributed by atoms with Gasteiger partial charge in [-0.1, -0.05) is 54.1 Å². The van der Waals surface area contributed by atoms with Gasteiger partial charge in [0.05, 0.1) is 22.7 Å². The van der Waals surface area contributed by atoms with Gasteiger partial charge in [0.1, 0.15) is 18.3 Å². The van der Waals surface area contributed by atoms with Gasteiger partial charge in [0.25, 0.3) is 10.0 Å². The smallest absolute Gasteiger partial charge is 0.264 e. The Morgan fingerprint density at radius 1 is 1.00 bits per heavy atom. The van der Waals surface area contributed by atoms with Crippen molar-refractivity contribution < 1.29 is 22.7 Å². The fourth-order valence-corrected chi connectivity index (χ4v) is 5.77. The number of hydrogen-bond donors (Lipinski definition) is 1. The number of aryl methyl sites for hydroxylation is 1. The third kappa shape index (κ3) is 7.55. The second-order valence-electron chi connectivity index (χ2n) is 10.5. The van der Waals surface area contributed by atoms with Crippen molar-refractivity contribution in [2.75, 3.05) is 18.0 Å². The molecule has 3 rings (SSSR count). The number of ether oxygens (including phenoxy) is 1. The molecule has 0 saturated heterocycles. The first kappa shape index (κ1) is 31.0. The van der Waals surface area contributed by atoms with Gasteiger partial charge in [-0.15, -0.1) is 0 Å². The molecule has 0 aliphatic carbocycles. The van der Waals surface area contributed by atoms with Gasteiger partial charge in [-0.25, -0.2) is 8.42 Å². The summed E-state index contributed by atoms with van der Waals surface area (Å²) >= 11 is 6.35. The largest absolute Gasteiger partial charge is 0.495 e. The molecular formula is C30H36ClN3O5S. The third-order valence-corrected chi connectivity index (χ3v) is 8.38. The van der Waals surface area contributed by atoms with Gasteiger partial charge in [0, 0.05) is 12.1 Å². The summed E-state index contributed by atoms with van der Waals surface area (Å²) in [7, 11) is -2.73. The molecule has 0 saturated carbocycles. The summed E-state index contributed by atoms with van der Waals surface area (Å²) < 4.78 is 34.0. The Balaban J connectivity index is 2.07. The van der Waals surface area contributed by atoms with E-state index < -0.39 is 34.1 Å². The lowest BCUT2D eigenvalue weighted by Crippen LogP contribution is -2.54. The Hall–Kier alpha value is -3.56. The first-order chi connectivity index (χ1) is 18.7. The van der Waals surface area contributed by atoms with Crippen molar-refractivity contribution in [3.8, 4) is 5.75 Å². The van der Waals surface area contributed by atoms with Crippen molar-refractivity contribution >= 4 is 39.1 Å². The minimum absolute atomic E-state index is 0.0127. The van der Waals surface area contributed by atoms with Crippen molar-refractivity contribution in [1.82, 2.24) is 10.2 Å². The number of rotatable bonds is 10. The summed E-state index contributed by atoms with van der Waals surface area (Å²) in [6.45, 7) is 8.68. The standard InChI is InChI=1S/C30H36ClN3O5S/c1-21-12-10-11-13-23(21)19-33(22(2)29(36)32-30(3,4)5)28(35)20-34(24-16-17-27(39-6)26(31)18-24)40(37,38)25-14-8-7-9-15-25/h7-18,22H,19-20H2,1-6H3,(H,32,36)/t22-/m0/s1. The maximum absolute atomic E-state index is 14.0. The lowest BCUT2D eigenvalue weighted by atomic mass is 10.1. The third-order valence-electron chi connectivity index (χ3n) is 6.30. The number of methoxy groups -OCH3 is 1. The van der Waals surface area contributed by atoms with Gasteiger partial charge in [0.15, 0.2) is 0 Å². The van der Waals surface area contributed by atoms with E-state index >= 15 is 0 Å². The summed E-state index contributed by atoms with van der Waals surface area (Å²) in [5, 5.41) is 3.11. The minimum Gasteiger partial charge on any atom is -0.495 e. The summed E-state index contributed by atoms with van der Waals surface area (Å²) in [4.78, 5) is 28.6. The fraction of sp³-hybridized carbons (Fsp3) is 0.333. The summed E-state index contributed by atoms with van der Waals surface area (Å²) in [5.41, 5.74) is 1.45. The van der Waals surface area contributed by atoms with Crippen LogP contribution in [0.25, 0.3) is 0 Å². The average molecular weight is 586 g/mol. The predicted octanol–water partition coefficient (Wildman–Crippen LogP) is 5.18. The number of halogens is 1. The highest BCUT2D eigenvalue weighted by Crippen LogP contribution is 2.32. The normalized spacial score (nSPS) is 12.4. The molecule has 0 bridgehead atoms. The monoisotopic (exact) mass is 585 g/mol. The molecule has 0 aliphatic rings. The molecule has 0 radical (unpaired) electrons. The van der Waals surface area contributed by atoms with E-state index in [2.05, 4.69) is 5.32 Å². The molecule has 1 atom stereocenters. The van der Waals surface area contributed by atoms with E-state index in [-0.39, 0.29) is 28.1 Å². The van der Waals surface area contributed by atoms with E-state index in [9.17, 15) is 18.0 Å². The van der Waals surface area contributed by atoms with Gasteiger partial charge in [0.2, 0.25) is 11.8 Å². The van der Waals surface area contributed by atoms with Crippen LogP contribution in [0.4, 0.5) is 5.69 Å². The van der Waals surface area contributed by atoms with Crippen LogP contribution in [0.3, 0.4) is 0 Å². The number of nitrogens with zero attached hydrogens (tertiary/aromatic N) is 2. The molecule has 0 heterocycles. The Bertz CT molecular complexity index is 1460. The van der Waals surface area contributed by atoms with E-state index in [0.29, 0.717) is 5.75 Å². The molecule has 10 heteroatoms. The van der Waals surface area contributed by atoms with Crippen molar-refractivity contribution in [1.29, 1.82) is 0 Å². The summed E-state index contributed by atoms with van der Waals surface area (Å²) in [5.74, 6) is -0.534. The van der Waals surface area contributed by atoms with Crippen LogP contribution >= 0.6 is 11.6 Å². The highest BCUT2D eigenvalue weighted by atomic mass is 35.5. The molecule has 40 heavy (non-hydrogen) atoms. The van der Waals surface area contributed by atoms with Gasteiger partial charge in [-0.2, -0.15) is 0 Å². The zero-order chi connectivity index (χ0) is 29.7. The lowest BCUT2D eigenvalue weighted by Gasteiger charge is -2.33. The van der Waals surface area contributed by atoms with Crippen LogP contribution in [0.15, 0.2) is 77.7 Å². The zero-order valence-electron chi connectivity index (χ0n) is 23.6. The maximum atomic E-state index is 14.0. The number of carbonyl (C=O) groups is 2. The van der Waals surface area contributed by atoms with Crippen LogP contribution in [0.5, 0.6) is 5.75 Å². The first-order valence-electron chi connectivity index (χ1n) is 12.8. The van der Waals surface area contributed by atoms with E-state index in [1.54, 1.807) is 31.2 Å². The molecule has 0 fully saturated rings. The van der Waals surface area contributed by atoms with Gasteiger partial charge in [-0.05, 0) is 76.1 Å². The summed E-state index contributed by atoms with van der Waals surface area (Å²) in [6, 6.07) is 19.0. The molecule has 2 amide bonds. The minimum atomic E-state index is -4.19. The van der Waals surface area contributed by atoms with Crippen molar-refractivity contribution in [2.45, 2.75) is 57.6 Å². The molecule has 214 valence electrons. The van der Waals surface area contributed by atoms with Gasteiger partial charge < -0.3 is 15.0 Å². The van der Waals surface area contributed by atoms with E-state index in [1.165, 1.54) is 36.3 Å². The highest BCUT2D eigenvalue weighted by molar-refractivity contribution is 7.92. The van der Waals surface area contributed by atoms with Gasteiger partial charge in [-0.3, -0.25) is 13.9 Å². The molecular weight excluding hydrogens is 550 g/mol. The predicted molar refractivity (Wildman–Crippen MR) is 158 cm³/mol. The fourth-order valence-electron chi connectivity index (χ4n) is 4.09. The van der Waals surface area contributed by atoms with Crippen LogP contribution in [0.1, 0.15) is 38.8 Å². The van der Waals surface area contributed by atoms with Crippen molar-refractivity contribution in [3.05, 3.63) is 88.9 Å². The van der Waals surface area contributed by atoms with Crippen LogP contribution in [0, 0.1) is 6.92 Å². The Morgan fingerprint density at radius 2 is 1.62 bits per heavy atom. The van der Waals surface area contributed by atoms with Crippen LogP contribution in [0.2, 0.25) is 5.02 Å². The number of nitrogens with one attached hydrogen (secondary N) is 1.